The molecule has 0 radical (unpaired) electrons. The van der Waals surface area contributed by atoms with E-state index in [1.54, 1.807) is 0 Å². The number of hydrogen-bond donors (Lipinski definition) is 1. The van der Waals surface area contributed by atoms with Crippen LogP contribution in [0, 0.1) is 0 Å². The zero-order valence-corrected chi connectivity index (χ0v) is 13.9. The molecule has 0 aliphatic carbocycles. The van der Waals surface area contributed by atoms with Crippen LogP contribution in [0.1, 0.15) is 37.3 Å². The predicted octanol–water partition coefficient (Wildman–Crippen LogP) is 2.71. The van der Waals surface area contributed by atoms with Gasteiger partial charge in [0, 0.05) is 19.1 Å². The Hall–Kier alpha value is -0.900. The molecule has 1 aliphatic heterocycles. The van der Waals surface area contributed by atoms with Gasteiger partial charge in [-0.2, -0.15) is 0 Å². The first-order chi connectivity index (χ1) is 10.2. The monoisotopic (exact) mass is 289 g/mol. The van der Waals surface area contributed by atoms with Crippen LogP contribution in [-0.2, 0) is 13.1 Å². The summed E-state index contributed by atoms with van der Waals surface area (Å²) in [6.07, 6.45) is 3.79. The lowest BCUT2D eigenvalue weighted by molar-refractivity contribution is 0.139. The molecule has 0 amide bonds. The Bertz CT molecular complexity index is 393. The molecule has 0 bridgehead atoms. The third-order valence-electron chi connectivity index (χ3n) is 4.52. The molecule has 0 saturated carbocycles. The second-order valence-corrected chi connectivity index (χ2v) is 6.44. The van der Waals surface area contributed by atoms with Crippen molar-refractivity contribution in [3.63, 3.8) is 0 Å². The van der Waals surface area contributed by atoms with Gasteiger partial charge in [0.15, 0.2) is 0 Å². The summed E-state index contributed by atoms with van der Waals surface area (Å²) in [5, 5.41) is 3.45. The van der Waals surface area contributed by atoms with E-state index in [0.29, 0.717) is 0 Å². The number of likely N-dealkylation sites (tertiary alicyclic amines) is 1. The van der Waals surface area contributed by atoms with Crippen molar-refractivity contribution < 1.29 is 0 Å². The van der Waals surface area contributed by atoms with Gasteiger partial charge in [-0.25, -0.2) is 0 Å². The molecule has 0 aromatic heterocycles. The lowest BCUT2D eigenvalue weighted by atomic mass is 10.0. The molecule has 118 valence electrons. The maximum Gasteiger partial charge on any atom is 0.0233 e. The van der Waals surface area contributed by atoms with Crippen molar-refractivity contribution in [2.45, 2.75) is 45.3 Å². The van der Waals surface area contributed by atoms with E-state index in [1.807, 2.05) is 0 Å². The summed E-state index contributed by atoms with van der Waals surface area (Å²) in [6.45, 7) is 7.82. The van der Waals surface area contributed by atoms with Crippen LogP contribution in [-0.4, -0.2) is 49.6 Å². The van der Waals surface area contributed by atoms with Gasteiger partial charge in [-0.1, -0.05) is 31.2 Å². The van der Waals surface area contributed by atoms with Crippen LogP contribution in [0.4, 0.5) is 0 Å². The Labute approximate surface area is 130 Å². The van der Waals surface area contributed by atoms with Crippen molar-refractivity contribution in [1.82, 2.24) is 15.1 Å². The van der Waals surface area contributed by atoms with Gasteiger partial charge in [0.05, 0.1) is 0 Å². The van der Waals surface area contributed by atoms with Crippen LogP contribution >= 0.6 is 0 Å². The van der Waals surface area contributed by atoms with Gasteiger partial charge in [0.2, 0.25) is 0 Å². The van der Waals surface area contributed by atoms with Gasteiger partial charge < -0.3 is 10.2 Å². The highest BCUT2D eigenvalue weighted by Gasteiger charge is 2.20. The Morgan fingerprint density at radius 3 is 2.38 bits per heavy atom. The quantitative estimate of drug-likeness (QED) is 0.779. The van der Waals surface area contributed by atoms with Gasteiger partial charge in [-0.3, -0.25) is 4.90 Å². The fourth-order valence-corrected chi connectivity index (χ4v) is 3.02. The van der Waals surface area contributed by atoms with Crippen LogP contribution < -0.4 is 5.32 Å². The molecule has 1 heterocycles. The van der Waals surface area contributed by atoms with Crippen LogP contribution in [0.15, 0.2) is 24.3 Å². The first-order valence-corrected chi connectivity index (χ1v) is 8.36. The van der Waals surface area contributed by atoms with E-state index in [4.69, 9.17) is 0 Å². The first-order valence-electron chi connectivity index (χ1n) is 8.36. The second kappa shape index (κ2) is 8.52. The van der Waals surface area contributed by atoms with E-state index in [0.717, 1.165) is 25.7 Å². The standard InChI is InChI=1S/C18H31N3/c1-4-11-19-14-16-5-7-17(8-6-16)15-21(3)18-9-12-20(2)13-10-18/h5-8,18-19H,4,9-15H2,1-3H3. The summed E-state index contributed by atoms with van der Waals surface area (Å²) in [5.41, 5.74) is 2.81. The molecule has 3 nitrogen and oxygen atoms in total. The molecule has 2 rings (SSSR count). The number of piperidine rings is 1. The number of benzene rings is 1. The van der Waals surface area contributed by atoms with Crippen molar-refractivity contribution in [3.05, 3.63) is 35.4 Å². The Morgan fingerprint density at radius 1 is 1.14 bits per heavy atom. The molecular weight excluding hydrogens is 258 g/mol. The largest absolute Gasteiger partial charge is 0.313 e. The third kappa shape index (κ3) is 5.42. The van der Waals surface area contributed by atoms with Gasteiger partial charge in [-0.15, -0.1) is 0 Å². The van der Waals surface area contributed by atoms with Crippen molar-refractivity contribution in [1.29, 1.82) is 0 Å². The molecule has 0 atom stereocenters. The highest BCUT2D eigenvalue weighted by atomic mass is 15.2. The summed E-state index contributed by atoms with van der Waals surface area (Å²) in [4.78, 5) is 4.96. The number of hydrogen-bond acceptors (Lipinski definition) is 3. The third-order valence-corrected chi connectivity index (χ3v) is 4.52. The molecule has 1 saturated heterocycles. The van der Waals surface area contributed by atoms with E-state index < -0.39 is 0 Å². The average molecular weight is 289 g/mol. The molecule has 1 aromatic rings. The maximum atomic E-state index is 3.45. The Kier molecular flexibility index (Phi) is 6.68. The molecule has 1 aromatic carbocycles. The van der Waals surface area contributed by atoms with E-state index in [-0.39, 0.29) is 0 Å². The lowest BCUT2D eigenvalue weighted by Gasteiger charge is -2.35. The van der Waals surface area contributed by atoms with Crippen LogP contribution in [0.3, 0.4) is 0 Å². The van der Waals surface area contributed by atoms with Gasteiger partial charge >= 0.3 is 0 Å². The van der Waals surface area contributed by atoms with Crippen molar-refractivity contribution in [2.75, 3.05) is 33.7 Å². The second-order valence-electron chi connectivity index (χ2n) is 6.44. The summed E-state index contributed by atoms with van der Waals surface area (Å²) >= 11 is 0. The van der Waals surface area contributed by atoms with E-state index in [2.05, 4.69) is 60.4 Å². The Morgan fingerprint density at radius 2 is 1.76 bits per heavy atom. The predicted molar refractivity (Wildman–Crippen MR) is 90.4 cm³/mol. The normalized spacial score (nSPS) is 17.5. The Balaban J connectivity index is 1.79. The minimum atomic E-state index is 0.743. The van der Waals surface area contributed by atoms with Crippen LogP contribution in [0.2, 0.25) is 0 Å². The van der Waals surface area contributed by atoms with Crippen LogP contribution in [0.5, 0.6) is 0 Å². The average Bonchev–Trinajstić information content (AvgIpc) is 2.50. The topological polar surface area (TPSA) is 18.5 Å². The van der Waals surface area contributed by atoms with Crippen LogP contribution in [0.25, 0.3) is 0 Å². The lowest BCUT2D eigenvalue weighted by Crippen LogP contribution is -2.41. The van der Waals surface area contributed by atoms with Crippen molar-refractivity contribution in [2.24, 2.45) is 0 Å². The summed E-state index contributed by atoms with van der Waals surface area (Å²) in [7, 11) is 4.49. The fraction of sp³-hybridized carbons (Fsp3) is 0.667. The summed E-state index contributed by atoms with van der Waals surface area (Å²) < 4.78 is 0. The van der Waals surface area contributed by atoms with Gasteiger partial charge in [-0.05, 0) is 64.1 Å². The SMILES string of the molecule is CCCNCc1ccc(CN(C)C2CCN(C)CC2)cc1. The summed E-state index contributed by atoms with van der Waals surface area (Å²) in [6, 6.07) is 9.84. The number of rotatable bonds is 7. The smallest absolute Gasteiger partial charge is 0.0233 e. The minimum absolute atomic E-state index is 0.743. The molecular formula is C18H31N3. The van der Waals surface area contributed by atoms with Gasteiger partial charge in [0.25, 0.3) is 0 Å². The van der Waals surface area contributed by atoms with E-state index in [1.165, 1.54) is 43.5 Å². The summed E-state index contributed by atoms with van der Waals surface area (Å²) in [5.74, 6) is 0. The molecule has 1 aliphatic rings. The highest BCUT2D eigenvalue weighted by Crippen LogP contribution is 2.16. The maximum absolute atomic E-state index is 3.45. The van der Waals surface area contributed by atoms with Gasteiger partial charge in [0.1, 0.15) is 0 Å². The number of nitrogens with one attached hydrogen (secondary N) is 1. The van der Waals surface area contributed by atoms with E-state index >= 15 is 0 Å². The highest BCUT2D eigenvalue weighted by molar-refractivity contribution is 5.22. The zero-order chi connectivity index (χ0) is 15.1. The first kappa shape index (κ1) is 16.5. The number of nitrogens with zero attached hydrogens (tertiary/aromatic N) is 2. The minimum Gasteiger partial charge on any atom is -0.313 e. The molecule has 3 heteroatoms. The fourth-order valence-electron chi connectivity index (χ4n) is 3.02. The molecule has 0 spiro atoms. The van der Waals surface area contributed by atoms with Crippen molar-refractivity contribution >= 4 is 0 Å². The molecule has 0 unspecified atom stereocenters. The molecule has 1 fully saturated rings. The molecule has 21 heavy (non-hydrogen) atoms. The van der Waals surface area contributed by atoms with E-state index in [9.17, 15) is 0 Å². The molecule has 1 N–H and O–H groups in total. The van der Waals surface area contributed by atoms with Crippen molar-refractivity contribution in [3.8, 4) is 0 Å². The zero-order valence-electron chi connectivity index (χ0n) is 13.9.